The standard InChI is InChI=1S/C41H23N3O2/c1-3-10-26-22-28(18-16-24(26)8-1)39-42-40(29-19-17-25-9-2-4-11-27(25)23-29)44-41(43-39)33-13-7-15-35-36(33)32-21-20-31-30-12-5-6-14-34(30)45-37(31)38(32)46-35/h1-23H. The van der Waals surface area contributed by atoms with E-state index in [-0.39, 0.29) is 0 Å². The fourth-order valence-electron chi connectivity index (χ4n) is 6.66. The van der Waals surface area contributed by atoms with Crippen molar-refractivity contribution in [3.05, 3.63) is 140 Å². The zero-order valence-corrected chi connectivity index (χ0v) is 24.4. The van der Waals surface area contributed by atoms with Crippen molar-refractivity contribution in [3.8, 4) is 34.2 Å². The Labute approximate surface area is 262 Å². The van der Waals surface area contributed by atoms with E-state index in [1.807, 2.05) is 30.3 Å². The summed E-state index contributed by atoms with van der Waals surface area (Å²) >= 11 is 0. The monoisotopic (exact) mass is 589 g/mol. The van der Waals surface area contributed by atoms with Crippen molar-refractivity contribution >= 4 is 65.4 Å². The lowest BCUT2D eigenvalue weighted by atomic mass is 10.0. The van der Waals surface area contributed by atoms with E-state index in [9.17, 15) is 0 Å². The molecule has 5 nitrogen and oxygen atoms in total. The van der Waals surface area contributed by atoms with Gasteiger partial charge in [0.05, 0.1) is 0 Å². The van der Waals surface area contributed by atoms with E-state index >= 15 is 0 Å². The molecule has 3 heterocycles. The number of hydrogen-bond donors (Lipinski definition) is 0. The third kappa shape index (κ3) is 3.79. The van der Waals surface area contributed by atoms with E-state index in [2.05, 4.69) is 109 Å². The Morgan fingerprint density at radius 2 is 0.913 bits per heavy atom. The quantitative estimate of drug-likeness (QED) is 0.205. The zero-order valence-electron chi connectivity index (χ0n) is 24.4. The summed E-state index contributed by atoms with van der Waals surface area (Å²) in [5.41, 5.74) is 5.77. The summed E-state index contributed by atoms with van der Waals surface area (Å²) in [6, 6.07) is 47.7. The van der Waals surface area contributed by atoms with Crippen LogP contribution in [0.3, 0.4) is 0 Å². The Balaban J connectivity index is 1.24. The SMILES string of the molecule is c1ccc2cc(-c3nc(-c4ccc5ccccc5c4)nc(-c4cccc5oc6c(ccc7c8ccccc8oc76)c45)n3)ccc2c1. The lowest BCUT2D eigenvalue weighted by molar-refractivity contribution is 0.633. The van der Waals surface area contributed by atoms with Crippen LogP contribution >= 0.6 is 0 Å². The summed E-state index contributed by atoms with van der Waals surface area (Å²) in [4.78, 5) is 15.3. The molecule has 0 spiro atoms. The smallest absolute Gasteiger partial charge is 0.178 e. The maximum absolute atomic E-state index is 6.52. The fourth-order valence-corrected chi connectivity index (χ4v) is 6.66. The molecule has 10 aromatic rings. The Morgan fingerprint density at radius 3 is 1.63 bits per heavy atom. The highest BCUT2D eigenvalue weighted by molar-refractivity contribution is 6.21. The number of fused-ring (bicyclic) bond motifs is 9. The Kier molecular flexibility index (Phi) is 5.22. The summed E-state index contributed by atoms with van der Waals surface area (Å²) in [5.74, 6) is 1.81. The predicted molar refractivity (Wildman–Crippen MR) is 186 cm³/mol. The maximum atomic E-state index is 6.52. The summed E-state index contributed by atoms with van der Waals surface area (Å²) in [7, 11) is 0. The average molecular weight is 590 g/mol. The highest BCUT2D eigenvalue weighted by Gasteiger charge is 2.21. The second kappa shape index (κ2) is 9.58. The van der Waals surface area contributed by atoms with Crippen LogP contribution < -0.4 is 0 Å². The van der Waals surface area contributed by atoms with E-state index in [4.69, 9.17) is 23.8 Å². The molecule has 0 N–H and O–H groups in total. The van der Waals surface area contributed by atoms with Crippen LogP contribution in [0.2, 0.25) is 0 Å². The molecule has 0 aliphatic carbocycles. The number of nitrogens with zero attached hydrogens (tertiary/aromatic N) is 3. The normalized spacial score (nSPS) is 11.9. The minimum Gasteiger partial charge on any atom is -0.452 e. The van der Waals surface area contributed by atoms with Crippen LogP contribution in [0.5, 0.6) is 0 Å². The molecule has 7 aromatic carbocycles. The Hall–Kier alpha value is -6.33. The average Bonchev–Trinajstić information content (AvgIpc) is 3.70. The van der Waals surface area contributed by atoms with Crippen LogP contribution in [0.15, 0.2) is 148 Å². The predicted octanol–water partition coefficient (Wildman–Crippen LogP) is 11.0. The molecule has 5 heteroatoms. The van der Waals surface area contributed by atoms with Crippen LogP contribution in [-0.2, 0) is 0 Å². The molecule has 3 aromatic heterocycles. The summed E-state index contributed by atoms with van der Waals surface area (Å²) < 4.78 is 12.8. The van der Waals surface area contributed by atoms with Gasteiger partial charge in [-0.3, -0.25) is 0 Å². The van der Waals surface area contributed by atoms with Crippen LogP contribution in [0.4, 0.5) is 0 Å². The minimum absolute atomic E-state index is 0.583. The number of aromatic nitrogens is 3. The fraction of sp³-hybridized carbons (Fsp3) is 0. The first-order valence-electron chi connectivity index (χ1n) is 15.3. The van der Waals surface area contributed by atoms with Crippen molar-refractivity contribution in [1.82, 2.24) is 15.0 Å². The first kappa shape index (κ1) is 25.0. The number of benzene rings is 7. The van der Waals surface area contributed by atoms with Crippen LogP contribution in [0.1, 0.15) is 0 Å². The van der Waals surface area contributed by atoms with Gasteiger partial charge in [0.2, 0.25) is 0 Å². The summed E-state index contributed by atoms with van der Waals surface area (Å²) in [6.45, 7) is 0. The third-order valence-electron chi connectivity index (χ3n) is 8.90. The molecule has 0 saturated carbocycles. The largest absolute Gasteiger partial charge is 0.452 e. The summed E-state index contributed by atoms with van der Waals surface area (Å²) in [6.07, 6.45) is 0. The lowest BCUT2D eigenvalue weighted by Gasteiger charge is -2.10. The molecule has 0 atom stereocenters. The Bertz CT molecular complexity index is 2730. The van der Waals surface area contributed by atoms with Crippen LogP contribution in [0.25, 0.3) is 99.6 Å². The van der Waals surface area contributed by atoms with Gasteiger partial charge in [-0.2, -0.15) is 0 Å². The second-order valence-electron chi connectivity index (χ2n) is 11.6. The summed E-state index contributed by atoms with van der Waals surface area (Å²) in [5, 5.41) is 8.60. The third-order valence-corrected chi connectivity index (χ3v) is 8.90. The number of hydrogen-bond acceptors (Lipinski definition) is 5. The highest BCUT2D eigenvalue weighted by Crippen LogP contribution is 2.42. The van der Waals surface area contributed by atoms with E-state index < -0.39 is 0 Å². The number of rotatable bonds is 3. The van der Waals surface area contributed by atoms with Gasteiger partial charge in [-0.05, 0) is 57.9 Å². The van der Waals surface area contributed by atoms with Gasteiger partial charge in [0.25, 0.3) is 0 Å². The van der Waals surface area contributed by atoms with Crippen LogP contribution in [-0.4, -0.2) is 15.0 Å². The van der Waals surface area contributed by atoms with Gasteiger partial charge in [0, 0.05) is 38.2 Å². The van der Waals surface area contributed by atoms with Gasteiger partial charge < -0.3 is 8.83 Å². The molecule has 46 heavy (non-hydrogen) atoms. The van der Waals surface area contributed by atoms with Crippen molar-refractivity contribution in [2.45, 2.75) is 0 Å². The molecule has 0 aliphatic heterocycles. The van der Waals surface area contributed by atoms with Gasteiger partial charge in [-0.15, -0.1) is 0 Å². The van der Waals surface area contributed by atoms with Crippen LogP contribution in [0, 0.1) is 0 Å². The van der Waals surface area contributed by atoms with Gasteiger partial charge in [0.15, 0.2) is 28.6 Å². The molecule has 0 aliphatic rings. The molecular weight excluding hydrogens is 566 g/mol. The van der Waals surface area contributed by atoms with Gasteiger partial charge in [0.1, 0.15) is 11.2 Å². The molecule has 0 fully saturated rings. The van der Waals surface area contributed by atoms with Crippen molar-refractivity contribution < 1.29 is 8.83 Å². The molecule has 214 valence electrons. The zero-order chi connectivity index (χ0) is 30.2. The molecule has 0 bridgehead atoms. The first-order valence-corrected chi connectivity index (χ1v) is 15.3. The van der Waals surface area contributed by atoms with Crippen molar-refractivity contribution in [1.29, 1.82) is 0 Å². The maximum Gasteiger partial charge on any atom is 0.178 e. The topological polar surface area (TPSA) is 65.0 Å². The number of para-hydroxylation sites is 1. The number of furan rings is 2. The molecular formula is C41H23N3O2. The van der Waals surface area contributed by atoms with E-state index in [0.717, 1.165) is 71.3 Å². The molecule has 10 rings (SSSR count). The van der Waals surface area contributed by atoms with Gasteiger partial charge in [-0.1, -0.05) is 103 Å². The van der Waals surface area contributed by atoms with Gasteiger partial charge >= 0.3 is 0 Å². The molecule has 0 saturated heterocycles. The Morgan fingerprint density at radius 1 is 0.370 bits per heavy atom. The van der Waals surface area contributed by atoms with Crippen molar-refractivity contribution in [2.24, 2.45) is 0 Å². The van der Waals surface area contributed by atoms with E-state index in [1.54, 1.807) is 0 Å². The highest BCUT2D eigenvalue weighted by atomic mass is 16.4. The molecule has 0 unspecified atom stereocenters. The van der Waals surface area contributed by atoms with Crippen molar-refractivity contribution in [3.63, 3.8) is 0 Å². The van der Waals surface area contributed by atoms with Gasteiger partial charge in [-0.25, -0.2) is 15.0 Å². The lowest BCUT2D eigenvalue weighted by Crippen LogP contribution is -2.00. The second-order valence-corrected chi connectivity index (χ2v) is 11.6. The molecule has 0 amide bonds. The first-order chi connectivity index (χ1) is 22.8. The minimum atomic E-state index is 0.583. The van der Waals surface area contributed by atoms with E-state index in [1.165, 1.54) is 10.8 Å². The van der Waals surface area contributed by atoms with Crippen molar-refractivity contribution in [2.75, 3.05) is 0 Å². The molecule has 0 radical (unpaired) electrons. The van der Waals surface area contributed by atoms with E-state index in [0.29, 0.717) is 17.5 Å².